The number of imide groups is 1. The van der Waals surface area contributed by atoms with Gasteiger partial charge in [0.25, 0.3) is 11.8 Å². The minimum Gasteiger partial charge on any atom is -0.452 e. The number of ether oxygens (including phenoxy) is 1. The zero-order chi connectivity index (χ0) is 22.1. The van der Waals surface area contributed by atoms with Crippen LogP contribution < -0.4 is 10.7 Å². The van der Waals surface area contributed by atoms with Crippen molar-refractivity contribution in [1.29, 1.82) is 0 Å². The van der Waals surface area contributed by atoms with E-state index in [2.05, 4.69) is 10.7 Å². The molecule has 1 heterocycles. The molecule has 1 fully saturated rings. The fourth-order valence-electron chi connectivity index (χ4n) is 3.57. The van der Waals surface area contributed by atoms with Crippen LogP contribution in [0.15, 0.2) is 42.5 Å². The number of urea groups is 1. The van der Waals surface area contributed by atoms with Crippen molar-refractivity contribution in [2.45, 2.75) is 33.2 Å². The lowest BCUT2D eigenvalue weighted by Crippen LogP contribution is -2.49. The smallest absolute Gasteiger partial charge is 0.344 e. The van der Waals surface area contributed by atoms with E-state index in [0.717, 1.165) is 16.7 Å². The van der Waals surface area contributed by atoms with Crippen molar-refractivity contribution >= 4 is 23.8 Å². The van der Waals surface area contributed by atoms with Crippen molar-refractivity contribution in [3.05, 3.63) is 70.3 Å². The molecule has 2 aromatic rings. The number of esters is 1. The summed E-state index contributed by atoms with van der Waals surface area (Å²) in [6.07, 6.45) is 0. The Hall–Kier alpha value is -3.68. The number of aryl methyl sites for hydroxylation is 3. The molecule has 0 bridgehead atoms. The van der Waals surface area contributed by atoms with Crippen LogP contribution in [0, 0.1) is 20.8 Å². The Bertz CT molecular complexity index is 1010. The zero-order valence-electron chi connectivity index (χ0n) is 17.2. The summed E-state index contributed by atoms with van der Waals surface area (Å²) in [7, 11) is 0. The highest BCUT2D eigenvalue weighted by Gasteiger charge is 2.50. The molecule has 1 unspecified atom stereocenters. The molecule has 8 nitrogen and oxygen atoms in total. The van der Waals surface area contributed by atoms with Crippen LogP contribution >= 0.6 is 0 Å². The number of rotatable bonds is 5. The van der Waals surface area contributed by atoms with E-state index < -0.39 is 36.0 Å². The second-order valence-electron chi connectivity index (χ2n) is 7.45. The third-order valence-electron chi connectivity index (χ3n) is 4.99. The van der Waals surface area contributed by atoms with Crippen LogP contribution in [0.3, 0.4) is 0 Å². The molecule has 2 N–H and O–H groups in total. The summed E-state index contributed by atoms with van der Waals surface area (Å²) >= 11 is 0. The summed E-state index contributed by atoms with van der Waals surface area (Å²) < 4.78 is 5.09. The second-order valence-corrected chi connectivity index (χ2v) is 7.45. The molecule has 1 saturated heterocycles. The van der Waals surface area contributed by atoms with E-state index in [0.29, 0.717) is 16.1 Å². The lowest BCUT2D eigenvalue weighted by molar-refractivity contribution is -0.140. The molecule has 0 saturated carbocycles. The molecular weight excluding hydrogens is 386 g/mol. The van der Waals surface area contributed by atoms with E-state index in [1.807, 2.05) is 19.1 Å². The largest absolute Gasteiger partial charge is 0.452 e. The van der Waals surface area contributed by atoms with Crippen LogP contribution in [-0.4, -0.2) is 35.4 Å². The molecule has 4 amide bonds. The zero-order valence-corrected chi connectivity index (χ0v) is 17.2. The van der Waals surface area contributed by atoms with E-state index in [1.54, 1.807) is 51.1 Å². The number of hydrogen-bond donors (Lipinski definition) is 2. The van der Waals surface area contributed by atoms with Crippen molar-refractivity contribution < 1.29 is 23.9 Å². The van der Waals surface area contributed by atoms with Crippen molar-refractivity contribution in [2.75, 3.05) is 6.61 Å². The van der Waals surface area contributed by atoms with Crippen LogP contribution in [0.2, 0.25) is 0 Å². The quantitative estimate of drug-likeness (QED) is 0.582. The second kappa shape index (κ2) is 7.98. The fourth-order valence-corrected chi connectivity index (χ4v) is 3.57. The number of nitrogens with zero attached hydrogens (tertiary/aromatic N) is 1. The molecule has 1 aliphatic heterocycles. The van der Waals surface area contributed by atoms with Gasteiger partial charge < -0.3 is 10.1 Å². The first kappa shape index (κ1) is 21.0. The highest BCUT2D eigenvalue weighted by Crippen LogP contribution is 2.27. The number of amides is 4. The maximum atomic E-state index is 12.8. The van der Waals surface area contributed by atoms with E-state index in [4.69, 9.17) is 4.74 Å². The molecule has 1 aliphatic rings. The summed E-state index contributed by atoms with van der Waals surface area (Å²) in [5.74, 6) is -2.08. The minimum atomic E-state index is -1.31. The predicted molar refractivity (Wildman–Crippen MR) is 108 cm³/mol. The van der Waals surface area contributed by atoms with Crippen molar-refractivity contribution in [3.8, 4) is 0 Å². The molecule has 8 heteroatoms. The van der Waals surface area contributed by atoms with Gasteiger partial charge in [-0.2, -0.15) is 5.01 Å². The Kier molecular flexibility index (Phi) is 5.60. The molecule has 0 spiro atoms. The number of nitrogens with one attached hydrogen (secondary N) is 2. The van der Waals surface area contributed by atoms with E-state index in [1.165, 1.54) is 0 Å². The number of benzene rings is 2. The monoisotopic (exact) mass is 409 g/mol. The number of hydrazine groups is 1. The third kappa shape index (κ3) is 3.89. The Morgan fingerprint density at radius 1 is 1.07 bits per heavy atom. The van der Waals surface area contributed by atoms with Gasteiger partial charge >= 0.3 is 12.0 Å². The van der Waals surface area contributed by atoms with Gasteiger partial charge in [-0.3, -0.25) is 15.0 Å². The van der Waals surface area contributed by atoms with Gasteiger partial charge in [0.15, 0.2) is 6.61 Å². The molecule has 0 radical (unpaired) electrons. The van der Waals surface area contributed by atoms with Crippen LogP contribution in [0.25, 0.3) is 0 Å². The Morgan fingerprint density at radius 2 is 1.67 bits per heavy atom. The summed E-state index contributed by atoms with van der Waals surface area (Å²) in [5.41, 5.74) is 4.36. The molecule has 0 aromatic heterocycles. The maximum Gasteiger partial charge on any atom is 0.344 e. The topological polar surface area (TPSA) is 105 Å². The van der Waals surface area contributed by atoms with Gasteiger partial charge in [0, 0.05) is 0 Å². The lowest BCUT2D eigenvalue weighted by Gasteiger charge is -2.22. The van der Waals surface area contributed by atoms with Crippen LogP contribution in [0.5, 0.6) is 0 Å². The van der Waals surface area contributed by atoms with E-state index in [-0.39, 0.29) is 0 Å². The average molecular weight is 409 g/mol. The Labute approximate surface area is 174 Å². The average Bonchev–Trinajstić information content (AvgIpc) is 2.90. The van der Waals surface area contributed by atoms with Crippen molar-refractivity contribution in [1.82, 2.24) is 15.8 Å². The Morgan fingerprint density at radius 3 is 2.27 bits per heavy atom. The predicted octanol–water partition coefficient (Wildman–Crippen LogP) is 2.27. The standard InChI is InChI=1S/C22H23N3O5/c1-13-10-14(2)18(15(3)11-13)19(27)30-12-17(26)24-25-20(28)22(4,23-21(25)29)16-8-6-5-7-9-16/h5-11H,12H2,1-4H3,(H,23,29)(H,24,26). The normalized spacial score (nSPS) is 18.2. The van der Waals surface area contributed by atoms with Crippen LogP contribution in [0.4, 0.5) is 4.79 Å². The minimum absolute atomic E-state index is 0.389. The molecule has 30 heavy (non-hydrogen) atoms. The summed E-state index contributed by atoms with van der Waals surface area (Å²) in [6, 6.07) is 11.6. The van der Waals surface area contributed by atoms with E-state index in [9.17, 15) is 19.2 Å². The maximum absolute atomic E-state index is 12.8. The van der Waals surface area contributed by atoms with Gasteiger partial charge in [0.1, 0.15) is 5.54 Å². The van der Waals surface area contributed by atoms with Gasteiger partial charge in [-0.05, 0) is 44.4 Å². The first-order valence-electron chi connectivity index (χ1n) is 9.40. The van der Waals surface area contributed by atoms with Gasteiger partial charge in [0.05, 0.1) is 5.56 Å². The highest BCUT2D eigenvalue weighted by atomic mass is 16.5. The first-order chi connectivity index (χ1) is 14.1. The molecule has 1 atom stereocenters. The first-order valence-corrected chi connectivity index (χ1v) is 9.40. The van der Waals surface area contributed by atoms with Crippen LogP contribution in [0.1, 0.15) is 39.5 Å². The fraction of sp³-hybridized carbons (Fsp3) is 0.273. The SMILES string of the molecule is Cc1cc(C)c(C(=O)OCC(=O)NN2C(=O)NC(C)(c3ccccc3)C2=O)c(C)c1. The number of carbonyl (C=O) groups is 4. The van der Waals surface area contributed by atoms with Crippen LogP contribution in [-0.2, 0) is 19.9 Å². The summed E-state index contributed by atoms with van der Waals surface area (Å²) in [4.78, 5) is 49.7. The van der Waals surface area contributed by atoms with E-state index >= 15 is 0 Å². The van der Waals surface area contributed by atoms with Gasteiger partial charge in [-0.25, -0.2) is 9.59 Å². The van der Waals surface area contributed by atoms with Gasteiger partial charge in [-0.15, -0.1) is 0 Å². The van der Waals surface area contributed by atoms with Gasteiger partial charge in [0.2, 0.25) is 0 Å². The molecule has 0 aliphatic carbocycles. The molecule has 3 rings (SSSR count). The van der Waals surface area contributed by atoms with Crippen molar-refractivity contribution in [2.24, 2.45) is 0 Å². The lowest BCUT2D eigenvalue weighted by atomic mass is 9.92. The molecule has 2 aromatic carbocycles. The number of carbonyl (C=O) groups excluding carboxylic acids is 4. The number of hydrogen-bond acceptors (Lipinski definition) is 5. The molecule has 156 valence electrons. The Balaban J connectivity index is 1.65. The summed E-state index contributed by atoms with van der Waals surface area (Å²) in [5, 5.41) is 3.18. The highest BCUT2D eigenvalue weighted by molar-refractivity contribution is 6.08. The summed E-state index contributed by atoms with van der Waals surface area (Å²) in [6.45, 7) is 6.41. The third-order valence-corrected chi connectivity index (χ3v) is 4.99. The molecular formula is C22H23N3O5. The van der Waals surface area contributed by atoms with Crippen molar-refractivity contribution in [3.63, 3.8) is 0 Å². The van der Waals surface area contributed by atoms with Gasteiger partial charge in [-0.1, -0.05) is 48.0 Å².